The Bertz CT molecular complexity index is 356. The summed E-state index contributed by atoms with van der Waals surface area (Å²) < 4.78 is 0. The van der Waals surface area contributed by atoms with Crippen LogP contribution in [0.25, 0.3) is 0 Å². The van der Waals surface area contributed by atoms with E-state index in [1.807, 2.05) is 37.4 Å². The van der Waals surface area contributed by atoms with Crippen LogP contribution >= 0.6 is 0 Å². The Morgan fingerprint density at radius 1 is 1.44 bits per heavy atom. The van der Waals surface area contributed by atoms with Crippen molar-refractivity contribution in [1.82, 2.24) is 10.4 Å². The van der Waals surface area contributed by atoms with Gasteiger partial charge in [-0.3, -0.25) is 5.01 Å². The normalized spacial score (nSPS) is 21.4. The number of nitrogens with zero attached hydrogens (tertiary/aromatic N) is 2. The predicted molar refractivity (Wildman–Crippen MR) is 59.1 cm³/mol. The molecule has 0 saturated heterocycles. The second kappa shape index (κ2) is 6.39. The topological polar surface area (TPSA) is 47.9 Å². The fourth-order valence-corrected chi connectivity index (χ4v) is 1.50. The number of aliphatic imine (C=N–C) groups is 1. The number of aliphatic hydroxyl groups excluding tert-OH is 1. The molecule has 16 heavy (non-hydrogen) atoms. The summed E-state index contributed by atoms with van der Waals surface area (Å²) in [5.74, 6) is 0. The van der Waals surface area contributed by atoms with Crippen molar-refractivity contribution in [3.8, 4) is 0 Å². The zero-order chi connectivity index (χ0) is 10.7. The first-order valence-corrected chi connectivity index (χ1v) is 4.87. The van der Waals surface area contributed by atoms with E-state index in [1.165, 1.54) is 0 Å². The van der Waals surface area contributed by atoms with Gasteiger partial charge >= 0.3 is 29.6 Å². The molecule has 0 bridgehead atoms. The minimum absolute atomic E-state index is 0. The van der Waals surface area contributed by atoms with Gasteiger partial charge < -0.3 is 10.1 Å². The standard InChI is InChI=1S/C11H14N3O.Na/c1-14-8-7-12-10(11(15)13-14)9-5-3-2-4-6-9;/h2-7,11,13,15H,8H2,1H3;/q-1;+1. The van der Waals surface area contributed by atoms with E-state index in [2.05, 4.69) is 10.4 Å². The van der Waals surface area contributed by atoms with Crippen molar-refractivity contribution < 1.29 is 34.7 Å². The molecular weight excluding hydrogens is 213 g/mol. The second-order valence-corrected chi connectivity index (χ2v) is 3.48. The van der Waals surface area contributed by atoms with E-state index in [0.29, 0.717) is 12.3 Å². The maximum absolute atomic E-state index is 9.87. The number of hydrazine groups is 1. The number of benzene rings is 1. The van der Waals surface area contributed by atoms with E-state index in [-0.39, 0.29) is 29.6 Å². The molecule has 0 aliphatic carbocycles. The summed E-state index contributed by atoms with van der Waals surface area (Å²) in [6.07, 6.45) is -0.754. The molecule has 0 spiro atoms. The molecule has 0 amide bonds. The van der Waals surface area contributed by atoms with Crippen molar-refractivity contribution in [3.63, 3.8) is 0 Å². The van der Waals surface area contributed by atoms with E-state index in [1.54, 1.807) is 11.6 Å². The van der Waals surface area contributed by atoms with Gasteiger partial charge in [0.15, 0.2) is 0 Å². The van der Waals surface area contributed by atoms with Crippen molar-refractivity contribution in [1.29, 1.82) is 0 Å². The van der Waals surface area contributed by atoms with Gasteiger partial charge in [0, 0.05) is 7.05 Å². The largest absolute Gasteiger partial charge is 1.00 e. The first kappa shape index (κ1) is 13.7. The second-order valence-electron chi connectivity index (χ2n) is 3.48. The van der Waals surface area contributed by atoms with Gasteiger partial charge in [0.2, 0.25) is 0 Å². The Kier molecular flexibility index (Phi) is 5.48. The van der Waals surface area contributed by atoms with Gasteiger partial charge in [-0.25, -0.2) is 5.43 Å². The summed E-state index contributed by atoms with van der Waals surface area (Å²) in [5, 5.41) is 11.7. The van der Waals surface area contributed by atoms with Crippen LogP contribution in [0.15, 0.2) is 35.3 Å². The van der Waals surface area contributed by atoms with Gasteiger partial charge in [-0.05, 0) is 6.54 Å². The summed E-state index contributed by atoms with van der Waals surface area (Å²) in [7, 11) is 1.86. The zero-order valence-corrected chi connectivity index (χ0v) is 11.6. The van der Waals surface area contributed by atoms with Crippen LogP contribution in [0.2, 0.25) is 0 Å². The Morgan fingerprint density at radius 3 is 2.81 bits per heavy atom. The van der Waals surface area contributed by atoms with Crippen LogP contribution in [-0.4, -0.2) is 35.6 Å². The summed E-state index contributed by atoms with van der Waals surface area (Å²) in [6, 6.07) is 9.67. The monoisotopic (exact) mass is 227 g/mol. The summed E-state index contributed by atoms with van der Waals surface area (Å²) in [4.78, 5) is 4.26. The third-order valence-corrected chi connectivity index (χ3v) is 2.26. The number of hydrogen-bond acceptors (Lipinski definition) is 4. The van der Waals surface area contributed by atoms with Crippen LogP contribution in [0.3, 0.4) is 0 Å². The summed E-state index contributed by atoms with van der Waals surface area (Å²) in [6.45, 7) is 2.46. The Morgan fingerprint density at radius 2 is 2.12 bits per heavy atom. The fraction of sp³-hybridized carbons (Fsp3) is 0.273. The van der Waals surface area contributed by atoms with Gasteiger partial charge in [0.05, 0.1) is 6.23 Å². The molecule has 1 aromatic rings. The molecule has 0 fully saturated rings. The van der Waals surface area contributed by atoms with E-state index < -0.39 is 6.23 Å². The summed E-state index contributed by atoms with van der Waals surface area (Å²) in [5.41, 5.74) is 4.50. The maximum atomic E-state index is 9.87. The van der Waals surface area contributed by atoms with E-state index >= 15 is 0 Å². The number of nitrogens with one attached hydrogen (secondary N) is 1. The minimum atomic E-state index is -0.754. The molecule has 0 aromatic heterocycles. The van der Waals surface area contributed by atoms with Gasteiger partial charge in [-0.2, -0.15) is 0 Å². The van der Waals surface area contributed by atoms with Crippen molar-refractivity contribution >= 4 is 5.71 Å². The van der Waals surface area contributed by atoms with E-state index in [4.69, 9.17) is 0 Å². The molecule has 2 rings (SSSR count). The van der Waals surface area contributed by atoms with Gasteiger partial charge in [-0.1, -0.05) is 41.6 Å². The molecule has 5 heteroatoms. The van der Waals surface area contributed by atoms with Crippen LogP contribution in [0.4, 0.5) is 0 Å². The summed E-state index contributed by atoms with van der Waals surface area (Å²) >= 11 is 0. The maximum Gasteiger partial charge on any atom is 1.00 e. The third-order valence-electron chi connectivity index (χ3n) is 2.26. The Balaban J connectivity index is 0.00000128. The molecule has 1 aliphatic rings. The molecule has 1 atom stereocenters. The van der Waals surface area contributed by atoms with Crippen LogP contribution in [0, 0.1) is 6.54 Å². The molecule has 80 valence electrons. The van der Waals surface area contributed by atoms with E-state index in [0.717, 1.165) is 5.56 Å². The zero-order valence-electron chi connectivity index (χ0n) is 9.59. The predicted octanol–water partition coefficient (Wildman–Crippen LogP) is -2.59. The fourth-order valence-electron chi connectivity index (χ4n) is 1.50. The molecule has 1 heterocycles. The van der Waals surface area contributed by atoms with Crippen molar-refractivity contribution in [2.75, 3.05) is 13.6 Å². The molecule has 4 nitrogen and oxygen atoms in total. The van der Waals surface area contributed by atoms with Crippen LogP contribution < -0.4 is 35.0 Å². The third kappa shape index (κ3) is 3.31. The van der Waals surface area contributed by atoms with Crippen LogP contribution in [0.1, 0.15) is 5.56 Å². The van der Waals surface area contributed by atoms with Crippen LogP contribution in [0.5, 0.6) is 0 Å². The van der Waals surface area contributed by atoms with Crippen molar-refractivity contribution in [2.24, 2.45) is 4.99 Å². The molecule has 2 N–H and O–H groups in total. The minimum Gasteiger partial charge on any atom is -0.445 e. The average Bonchev–Trinajstić information content (AvgIpc) is 2.40. The number of hydrogen-bond donors (Lipinski definition) is 2. The van der Waals surface area contributed by atoms with Gasteiger partial charge in [0.25, 0.3) is 0 Å². The SMILES string of the molecule is CN1C[CH-]N=C(c2ccccc2)C(O)N1.[Na+]. The van der Waals surface area contributed by atoms with Crippen molar-refractivity contribution in [2.45, 2.75) is 6.23 Å². The van der Waals surface area contributed by atoms with Gasteiger partial charge in [0.1, 0.15) is 0 Å². The Labute approximate surface area is 118 Å². The molecule has 1 aromatic carbocycles. The average molecular weight is 227 g/mol. The molecule has 0 radical (unpaired) electrons. The van der Waals surface area contributed by atoms with E-state index in [9.17, 15) is 5.11 Å². The number of rotatable bonds is 1. The number of likely N-dealkylation sites (N-methyl/N-ethyl adjacent to an activating group) is 1. The molecular formula is C11H14N3NaO. The molecule has 0 saturated carbocycles. The first-order valence-electron chi connectivity index (χ1n) is 4.87. The first-order chi connectivity index (χ1) is 7.27. The quantitative estimate of drug-likeness (QED) is 0.409. The molecule has 1 unspecified atom stereocenters. The number of aliphatic hydroxyl groups is 1. The molecule has 1 aliphatic heterocycles. The van der Waals surface area contributed by atoms with Crippen LogP contribution in [-0.2, 0) is 0 Å². The smallest absolute Gasteiger partial charge is 0.445 e. The van der Waals surface area contributed by atoms with Crippen molar-refractivity contribution in [3.05, 3.63) is 42.4 Å². The van der Waals surface area contributed by atoms with Gasteiger partial charge in [-0.15, -0.1) is 6.54 Å². The Hall–Kier alpha value is -0.360.